The average molecular weight is 230 g/mol. The molecular weight excluding hydrogens is 212 g/mol. The molecule has 2 atom stereocenters. The van der Waals surface area contributed by atoms with Gasteiger partial charge in [-0.2, -0.15) is 11.8 Å². The number of amides is 2. The van der Waals surface area contributed by atoms with Crippen molar-refractivity contribution in [1.29, 1.82) is 0 Å². The van der Waals surface area contributed by atoms with Gasteiger partial charge in [0.2, 0.25) is 0 Å². The third-order valence-electron chi connectivity index (χ3n) is 3.03. The molecular formula is C10H18N2O2S. The van der Waals surface area contributed by atoms with E-state index in [1.165, 1.54) is 5.75 Å². The zero-order valence-electron chi connectivity index (χ0n) is 9.07. The highest BCUT2D eigenvalue weighted by molar-refractivity contribution is 7.99. The second kappa shape index (κ2) is 5.07. The normalized spacial score (nSPS) is 30.5. The summed E-state index contributed by atoms with van der Waals surface area (Å²) < 4.78 is 5.23. The molecule has 2 rings (SSSR count). The minimum atomic E-state index is 0.0537. The number of thioether (sulfide) groups is 1. The smallest absolute Gasteiger partial charge is 0.317 e. The van der Waals surface area contributed by atoms with E-state index in [2.05, 4.69) is 5.32 Å². The number of ether oxygens (including phenoxy) is 1. The Morgan fingerprint density at radius 1 is 1.53 bits per heavy atom. The standard InChI is InChI=1S/C10H18N2O2S/c1-12(9-3-5-15-7-9)10(13)11-8-2-4-14-6-8/h8-9H,2-7H2,1H3,(H,11,13). The summed E-state index contributed by atoms with van der Waals surface area (Å²) in [7, 11) is 1.89. The van der Waals surface area contributed by atoms with E-state index in [-0.39, 0.29) is 12.1 Å². The summed E-state index contributed by atoms with van der Waals surface area (Å²) in [6.45, 7) is 1.44. The molecule has 0 radical (unpaired) electrons. The van der Waals surface area contributed by atoms with Crippen LogP contribution in [0.3, 0.4) is 0 Å². The van der Waals surface area contributed by atoms with Crippen molar-refractivity contribution < 1.29 is 9.53 Å². The minimum Gasteiger partial charge on any atom is -0.379 e. The van der Waals surface area contributed by atoms with Crippen molar-refractivity contribution >= 4 is 17.8 Å². The first-order chi connectivity index (χ1) is 7.27. The molecule has 0 aromatic heterocycles. The highest BCUT2D eigenvalue weighted by Gasteiger charge is 2.26. The average Bonchev–Trinajstić information content (AvgIpc) is 2.88. The van der Waals surface area contributed by atoms with Gasteiger partial charge < -0.3 is 15.0 Å². The Hall–Kier alpha value is -0.420. The van der Waals surface area contributed by atoms with Crippen LogP contribution in [0.2, 0.25) is 0 Å². The van der Waals surface area contributed by atoms with E-state index in [0.29, 0.717) is 12.6 Å². The number of hydrogen-bond acceptors (Lipinski definition) is 3. The fourth-order valence-corrected chi connectivity index (χ4v) is 3.19. The summed E-state index contributed by atoms with van der Waals surface area (Å²) in [5.41, 5.74) is 0. The Morgan fingerprint density at radius 2 is 2.40 bits per heavy atom. The maximum Gasteiger partial charge on any atom is 0.317 e. The van der Waals surface area contributed by atoms with Crippen LogP contribution in [0.15, 0.2) is 0 Å². The van der Waals surface area contributed by atoms with E-state index in [9.17, 15) is 4.79 Å². The summed E-state index contributed by atoms with van der Waals surface area (Å²) in [4.78, 5) is 13.7. The topological polar surface area (TPSA) is 41.6 Å². The van der Waals surface area contributed by atoms with Gasteiger partial charge in [0.05, 0.1) is 12.6 Å². The maximum atomic E-state index is 11.8. The Bertz CT molecular complexity index is 225. The Balaban J connectivity index is 1.78. The molecule has 2 aliphatic rings. The van der Waals surface area contributed by atoms with Crippen LogP contribution in [0.5, 0.6) is 0 Å². The lowest BCUT2D eigenvalue weighted by atomic mass is 10.2. The molecule has 0 spiro atoms. The van der Waals surface area contributed by atoms with Gasteiger partial charge in [-0.05, 0) is 18.6 Å². The highest BCUT2D eigenvalue weighted by atomic mass is 32.2. The first-order valence-electron chi connectivity index (χ1n) is 5.46. The van der Waals surface area contributed by atoms with Crippen LogP contribution in [0, 0.1) is 0 Å². The van der Waals surface area contributed by atoms with Crippen molar-refractivity contribution in [3.05, 3.63) is 0 Å². The van der Waals surface area contributed by atoms with Gasteiger partial charge in [0, 0.05) is 25.4 Å². The highest BCUT2D eigenvalue weighted by Crippen LogP contribution is 2.21. The van der Waals surface area contributed by atoms with Crippen LogP contribution in [0.4, 0.5) is 4.79 Å². The van der Waals surface area contributed by atoms with Crippen LogP contribution in [-0.4, -0.2) is 54.8 Å². The Labute approximate surface area is 94.7 Å². The lowest BCUT2D eigenvalue weighted by Crippen LogP contribution is -2.47. The van der Waals surface area contributed by atoms with Crippen LogP contribution < -0.4 is 5.32 Å². The van der Waals surface area contributed by atoms with Gasteiger partial charge in [0.15, 0.2) is 0 Å². The van der Waals surface area contributed by atoms with E-state index in [1.807, 2.05) is 23.7 Å². The SMILES string of the molecule is CN(C(=O)NC1CCOC1)C1CCSC1. The molecule has 0 bridgehead atoms. The second-order valence-corrected chi connectivity index (χ2v) is 5.29. The molecule has 0 saturated carbocycles. The zero-order chi connectivity index (χ0) is 10.7. The molecule has 15 heavy (non-hydrogen) atoms. The summed E-state index contributed by atoms with van der Waals surface area (Å²) in [5.74, 6) is 2.25. The van der Waals surface area contributed by atoms with Crippen molar-refractivity contribution in [2.24, 2.45) is 0 Å². The van der Waals surface area contributed by atoms with Gasteiger partial charge in [0.25, 0.3) is 0 Å². The van der Waals surface area contributed by atoms with Crippen LogP contribution in [0.1, 0.15) is 12.8 Å². The molecule has 2 heterocycles. The summed E-state index contributed by atoms with van der Waals surface area (Å²) in [6, 6.07) is 0.685. The van der Waals surface area contributed by atoms with Gasteiger partial charge in [-0.1, -0.05) is 0 Å². The Morgan fingerprint density at radius 3 is 3.00 bits per heavy atom. The van der Waals surface area contributed by atoms with Crippen molar-refractivity contribution in [2.45, 2.75) is 24.9 Å². The van der Waals surface area contributed by atoms with Crippen molar-refractivity contribution in [3.8, 4) is 0 Å². The molecule has 1 N–H and O–H groups in total. The van der Waals surface area contributed by atoms with E-state index in [1.54, 1.807) is 0 Å². The third kappa shape index (κ3) is 2.78. The van der Waals surface area contributed by atoms with Gasteiger partial charge >= 0.3 is 6.03 Å². The Kier molecular flexibility index (Phi) is 3.75. The molecule has 0 aromatic carbocycles. The van der Waals surface area contributed by atoms with Crippen LogP contribution in [0.25, 0.3) is 0 Å². The van der Waals surface area contributed by atoms with E-state index < -0.39 is 0 Å². The number of urea groups is 1. The predicted molar refractivity (Wildman–Crippen MR) is 61.2 cm³/mol. The zero-order valence-corrected chi connectivity index (χ0v) is 9.89. The summed E-state index contributed by atoms with van der Waals surface area (Å²) in [6.07, 6.45) is 2.06. The molecule has 2 unspecified atom stereocenters. The summed E-state index contributed by atoms with van der Waals surface area (Å²) >= 11 is 1.92. The van der Waals surface area contributed by atoms with Gasteiger partial charge in [-0.15, -0.1) is 0 Å². The first kappa shape index (κ1) is 11.1. The third-order valence-corrected chi connectivity index (χ3v) is 4.18. The largest absolute Gasteiger partial charge is 0.379 e. The monoisotopic (exact) mass is 230 g/mol. The molecule has 2 amide bonds. The van der Waals surface area contributed by atoms with Gasteiger partial charge in [0.1, 0.15) is 0 Å². The number of nitrogens with one attached hydrogen (secondary N) is 1. The molecule has 2 saturated heterocycles. The number of carbonyl (C=O) groups excluding carboxylic acids is 1. The molecule has 2 aliphatic heterocycles. The van der Waals surface area contributed by atoms with Crippen molar-refractivity contribution in [2.75, 3.05) is 31.8 Å². The molecule has 86 valence electrons. The molecule has 4 nitrogen and oxygen atoms in total. The summed E-state index contributed by atoms with van der Waals surface area (Å²) in [5, 5.41) is 3.01. The molecule has 2 fully saturated rings. The van der Waals surface area contributed by atoms with Crippen LogP contribution >= 0.6 is 11.8 Å². The number of carbonyl (C=O) groups is 1. The van der Waals surface area contributed by atoms with Crippen molar-refractivity contribution in [1.82, 2.24) is 10.2 Å². The van der Waals surface area contributed by atoms with Crippen LogP contribution in [-0.2, 0) is 4.74 Å². The molecule has 5 heteroatoms. The number of hydrogen-bond donors (Lipinski definition) is 1. The quantitative estimate of drug-likeness (QED) is 0.767. The number of rotatable bonds is 2. The van der Waals surface area contributed by atoms with Gasteiger partial charge in [-0.25, -0.2) is 4.79 Å². The lowest BCUT2D eigenvalue weighted by Gasteiger charge is -2.25. The lowest BCUT2D eigenvalue weighted by molar-refractivity contribution is 0.176. The molecule has 0 aliphatic carbocycles. The predicted octanol–water partition coefficient (Wildman–Crippen LogP) is 0.922. The minimum absolute atomic E-state index is 0.0537. The first-order valence-corrected chi connectivity index (χ1v) is 6.61. The van der Waals surface area contributed by atoms with E-state index in [0.717, 1.165) is 25.2 Å². The number of nitrogens with zero attached hydrogens (tertiary/aromatic N) is 1. The van der Waals surface area contributed by atoms with Crippen molar-refractivity contribution in [3.63, 3.8) is 0 Å². The fraction of sp³-hybridized carbons (Fsp3) is 0.900. The fourth-order valence-electron chi connectivity index (χ4n) is 1.92. The maximum absolute atomic E-state index is 11.8. The molecule has 0 aromatic rings. The van der Waals surface area contributed by atoms with E-state index in [4.69, 9.17) is 4.74 Å². The second-order valence-electron chi connectivity index (χ2n) is 4.14. The van der Waals surface area contributed by atoms with E-state index >= 15 is 0 Å². The van der Waals surface area contributed by atoms with Gasteiger partial charge in [-0.3, -0.25) is 0 Å².